The van der Waals surface area contributed by atoms with Gasteiger partial charge in [0.15, 0.2) is 11.6 Å². The molecule has 13 nitrogen and oxygen atoms in total. The number of halogens is 3. The number of carbonyl (C=O) groups is 1. The maximum absolute atomic E-state index is 14.6. The number of nitrogens with one attached hydrogen (secondary N) is 2. The summed E-state index contributed by atoms with van der Waals surface area (Å²) in [5.74, 6) is -0.165. The predicted molar refractivity (Wildman–Crippen MR) is 181 cm³/mol. The number of hydrogen-bond acceptors (Lipinski definition) is 8. The normalized spacial score (nSPS) is 16.6. The molecular formula is C35H32F3N9O4. The molecule has 4 aromatic carbocycles. The zero-order valence-corrected chi connectivity index (χ0v) is 27.0. The summed E-state index contributed by atoms with van der Waals surface area (Å²) in [6, 6.07) is 25.2. The van der Waals surface area contributed by atoms with Gasteiger partial charge in [-0.25, -0.2) is 10.4 Å². The van der Waals surface area contributed by atoms with E-state index < -0.39 is 29.3 Å². The van der Waals surface area contributed by atoms with Gasteiger partial charge < -0.3 is 14.6 Å². The van der Waals surface area contributed by atoms with Crippen molar-refractivity contribution in [3.63, 3.8) is 0 Å². The number of hydrazine groups is 1. The standard InChI is InChI=1S/C35H32F3N9O4/c36-35(37,38)29-12-5-2-10-26(29)22-41-45-33(49)34(20-24-8-3-6-13-30(24)44-47-40)31(28-11-4-1-9-25(28)21-42-46-39)51-32(43-34)23-14-16-27(17-15-23)50-19-7-18-48/h1-6,8-17,31,41,48H,7,18-22H2,(H,45,49)/t31-,34-/m0/s1. The Balaban J connectivity index is 1.61. The molecule has 1 aliphatic heterocycles. The number of azide groups is 2. The van der Waals surface area contributed by atoms with E-state index in [0.29, 0.717) is 41.0 Å². The average molecular weight is 700 g/mol. The first kappa shape index (κ1) is 36.2. The molecule has 2 atom stereocenters. The van der Waals surface area contributed by atoms with Crippen molar-refractivity contribution in [2.75, 3.05) is 13.2 Å². The van der Waals surface area contributed by atoms with E-state index >= 15 is 0 Å². The van der Waals surface area contributed by atoms with Crippen LogP contribution in [0.2, 0.25) is 0 Å². The molecule has 4 aromatic rings. The zero-order valence-electron chi connectivity index (χ0n) is 27.0. The molecule has 1 amide bonds. The Hall–Kier alpha value is -6.05. The highest BCUT2D eigenvalue weighted by Crippen LogP contribution is 2.45. The van der Waals surface area contributed by atoms with Crippen molar-refractivity contribution in [1.82, 2.24) is 10.9 Å². The smallest absolute Gasteiger partial charge is 0.416 e. The molecule has 0 fully saturated rings. The molecule has 16 heteroatoms. The third kappa shape index (κ3) is 8.58. The third-order valence-electron chi connectivity index (χ3n) is 8.08. The number of aliphatic imine (C=N–C) groups is 1. The van der Waals surface area contributed by atoms with E-state index in [0.717, 1.165) is 6.07 Å². The summed E-state index contributed by atoms with van der Waals surface area (Å²) >= 11 is 0. The maximum Gasteiger partial charge on any atom is 0.416 e. The van der Waals surface area contributed by atoms with Crippen molar-refractivity contribution in [2.24, 2.45) is 15.2 Å². The summed E-state index contributed by atoms with van der Waals surface area (Å²) in [5.41, 5.74) is 22.9. The van der Waals surface area contributed by atoms with Gasteiger partial charge in [-0.1, -0.05) is 77.0 Å². The van der Waals surface area contributed by atoms with Crippen LogP contribution in [0.3, 0.4) is 0 Å². The van der Waals surface area contributed by atoms with Crippen LogP contribution in [0, 0.1) is 0 Å². The molecule has 0 saturated carbocycles. The van der Waals surface area contributed by atoms with Crippen molar-refractivity contribution < 1.29 is 32.5 Å². The Kier molecular flexibility index (Phi) is 11.8. The highest BCUT2D eigenvalue weighted by Gasteiger charge is 2.54. The molecule has 0 bridgehead atoms. The van der Waals surface area contributed by atoms with Gasteiger partial charge in [0.05, 0.1) is 18.7 Å². The summed E-state index contributed by atoms with van der Waals surface area (Å²) in [5, 5.41) is 16.6. The zero-order chi connectivity index (χ0) is 36.3. The first-order valence-corrected chi connectivity index (χ1v) is 15.7. The van der Waals surface area contributed by atoms with Crippen LogP contribution in [-0.2, 0) is 35.2 Å². The number of aliphatic hydroxyl groups excluding tert-OH is 1. The fourth-order valence-electron chi connectivity index (χ4n) is 5.68. The lowest BCUT2D eigenvalue weighted by molar-refractivity contribution is -0.138. The molecule has 262 valence electrons. The molecule has 3 N–H and O–H groups in total. The molecule has 1 heterocycles. The maximum atomic E-state index is 14.6. The predicted octanol–water partition coefficient (Wildman–Crippen LogP) is 7.54. The van der Waals surface area contributed by atoms with E-state index in [9.17, 15) is 23.5 Å². The van der Waals surface area contributed by atoms with Crippen molar-refractivity contribution in [2.45, 2.75) is 43.8 Å². The second kappa shape index (κ2) is 16.6. The van der Waals surface area contributed by atoms with E-state index in [1.807, 2.05) is 0 Å². The van der Waals surface area contributed by atoms with Crippen molar-refractivity contribution in [1.29, 1.82) is 0 Å². The highest BCUT2D eigenvalue weighted by atomic mass is 19.4. The van der Waals surface area contributed by atoms with Crippen LogP contribution in [0.1, 0.15) is 45.9 Å². The fraction of sp³-hybridized carbons (Fsp3) is 0.257. The van der Waals surface area contributed by atoms with Gasteiger partial charge >= 0.3 is 6.18 Å². The third-order valence-corrected chi connectivity index (χ3v) is 8.08. The lowest BCUT2D eigenvalue weighted by Gasteiger charge is -2.32. The molecule has 0 aromatic heterocycles. The van der Waals surface area contributed by atoms with Crippen LogP contribution >= 0.6 is 0 Å². The minimum absolute atomic E-state index is 0.0259. The highest BCUT2D eigenvalue weighted by molar-refractivity contribution is 6.01. The number of carbonyl (C=O) groups excluding carboxylic acids is 1. The number of ether oxygens (including phenoxy) is 2. The molecular weight excluding hydrogens is 667 g/mol. The molecule has 51 heavy (non-hydrogen) atoms. The molecule has 1 aliphatic rings. The Labute approximate surface area is 290 Å². The number of benzene rings is 4. The van der Waals surface area contributed by atoms with Crippen LogP contribution in [0.5, 0.6) is 5.75 Å². The summed E-state index contributed by atoms with van der Waals surface area (Å²) < 4.78 is 53.4. The summed E-state index contributed by atoms with van der Waals surface area (Å²) in [7, 11) is 0. The summed E-state index contributed by atoms with van der Waals surface area (Å²) in [6.45, 7) is -0.186. The van der Waals surface area contributed by atoms with Gasteiger partial charge in [0.25, 0.3) is 5.91 Å². The van der Waals surface area contributed by atoms with Crippen LogP contribution < -0.4 is 15.6 Å². The van der Waals surface area contributed by atoms with E-state index in [4.69, 9.17) is 25.1 Å². The SMILES string of the molecule is [N-]=[N+]=NCc1ccccc1[C@@H]1OC(c2ccc(OCCCO)cc2)=N[C@]1(Cc1ccccc1N=[N+]=[N-])C(=O)NNCc1ccccc1C(F)(F)F. The van der Waals surface area contributed by atoms with Gasteiger partial charge in [-0.2, -0.15) is 13.2 Å². The van der Waals surface area contributed by atoms with Crippen molar-refractivity contribution in [3.05, 3.63) is 151 Å². The molecule has 0 aliphatic carbocycles. The molecule has 0 spiro atoms. The van der Waals surface area contributed by atoms with Crippen LogP contribution in [-0.4, -0.2) is 35.7 Å². The number of hydrogen-bond donors (Lipinski definition) is 3. The van der Waals surface area contributed by atoms with Crippen molar-refractivity contribution in [3.8, 4) is 5.75 Å². The molecule has 5 rings (SSSR count). The number of rotatable bonds is 15. The Bertz CT molecular complexity index is 1980. The van der Waals surface area contributed by atoms with Gasteiger partial charge in [-0.05, 0) is 63.6 Å². The van der Waals surface area contributed by atoms with E-state index in [1.165, 1.54) is 18.2 Å². The summed E-state index contributed by atoms with van der Waals surface area (Å²) in [4.78, 5) is 25.3. The largest absolute Gasteiger partial charge is 0.494 e. The molecule has 0 unspecified atom stereocenters. The minimum atomic E-state index is -4.62. The fourth-order valence-corrected chi connectivity index (χ4v) is 5.68. The average Bonchev–Trinajstić information content (AvgIpc) is 3.52. The van der Waals surface area contributed by atoms with Crippen LogP contribution in [0.4, 0.5) is 18.9 Å². The lowest BCUT2D eigenvalue weighted by Crippen LogP contribution is -2.54. The van der Waals surface area contributed by atoms with Gasteiger partial charge in [-0.3, -0.25) is 10.2 Å². The van der Waals surface area contributed by atoms with Crippen LogP contribution in [0.25, 0.3) is 20.9 Å². The van der Waals surface area contributed by atoms with Gasteiger partial charge in [-0.15, -0.1) is 0 Å². The van der Waals surface area contributed by atoms with Crippen molar-refractivity contribution >= 4 is 17.5 Å². The van der Waals surface area contributed by atoms with E-state index in [2.05, 4.69) is 30.9 Å². The van der Waals surface area contributed by atoms with Gasteiger partial charge in [0.1, 0.15) is 5.75 Å². The Morgan fingerprint density at radius 1 is 0.941 bits per heavy atom. The number of nitrogens with zero attached hydrogens (tertiary/aromatic N) is 7. The molecule has 0 saturated heterocycles. The second-order valence-corrected chi connectivity index (χ2v) is 11.3. The van der Waals surface area contributed by atoms with Crippen LogP contribution in [0.15, 0.2) is 112 Å². The number of alkyl halides is 3. The Morgan fingerprint density at radius 3 is 2.33 bits per heavy atom. The first-order valence-electron chi connectivity index (χ1n) is 15.7. The second-order valence-electron chi connectivity index (χ2n) is 11.3. The number of amides is 1. The van der Waals surface area contributed by atoms with Gasteiger partial charge in [0, 0.05) is 47.1 Å². The monoisotopic (exact) mass is 699 g/mol. The lowest BCUT2D eigenvalue weighted by atomic mass is 9.80. The summed E-state index contributed by atoms with van der Waals surface area (Å²) in [6.07, 6.45) is -5.52. The van der Waals surface area contributed by atoms with E-state index in [-0.39, 0.29) is 43.3 Å². The quantitative estimate of drug-likeness (QED) is 0.0379. The van der Waals surface area contributed by atoms with E-state index in [1.54, 1.807) is 72.8 Å². The Morgan fingerprint density at radius 2 is 1.63 bits per heavy atom. The first-order chi connectivity index (χ1) is 24.7. The van der Waals surface area contributed by atoms with Gasteiger partial charge in [0.2, 0.25) is 5.90 Å². The topological polar surface area (TPSA) is 190 Å². The number of aliphatic hydroxyl groups is 1. The minimum Gasteiger partial charge on any atom is -0.494 e. The molecule has 0 radical (unpaired) electrons.